The molecule has 0 aliphatic rings. The minimum absolute atomic E-state index is 0.102. The maximum Gasteiger partial charge on any atom is 0.182 e. The number of rotatable bonds is 6. The number of nitrogens with zero attached hydrogens (tertiary/aromatic N) is 2. The summed E-state index contributed by atoms with van der Waals surface area (Å²) in [5, 5.41) is 0. The van der Waals surface area contributed by atoms with E-state index in [0.717, 1.165) is 5.69 Å². The Morgan fingerprint density at radius 2 is 1.96 bits per heavy atom. The smallest absolute Gasteiger partial charge is 0.182 e. The van der Waals surface area contributed by atoms with Gasteiger partial charge in [-0.15, -0.1) is 0 Å². The first-order valence-corrected chi connectivity index (χ1v) is 8.30. The van der Waals surface area contributed by atoms with Gasteiger partial charge < -0.3 is 4.74 Å². The molecule has 0 spiro atoms. The molecule has 0 aliphatic heterocycles. The van der Waals surface area contributed by atoms with E-state index in [1.165, 1.54) is 5.56 Å². The number of imidazole rings is 1. The number of aryl methyl sites for hydroxylation is 1. The van der Waals surface area contributed by atoms with Gasteiger partial charge in [0.2, 0.25) is 0 Å². The third-order valence-electron chi connectivity index (χ3n) is 4.21. The van der Waals surface area contributed by atoms with Gasteiger partial charge in [0.15, 0.2) is 17.2 Å². The third-order valence-corrected chi connectivity index (χ3v) is 4.21. The molecule has 4 heteroatoms. The Hall–Kier alpha value is -2.62. The van der Waals surface area contributed by atoms with Crippen LogP contribution in [0.3, 0.4) is 0 Å². The van der Waals surface area contributed by atoms with E-state index < -0.39 is 0 Å². The van der Waals surface area contributed by atoms with Gasteiger partial charge in [0.05, 0.1) is 12.3 Å². The van der Waals surface area contributed by atoms with Crippen molar-refractivity contribution >= 4 is 11.4 Å². The van der Waals surface area contributed by atoms with Gasteiger partial charge >= 0.3 is 0 Å². The zero-order chi connectivity index (χ0) is 17.1. The lowest BCUT2D eigenvalue weighted by Crippen LogP contribution is -2.09. The van der Waals surface area contributed by atoms with Crippen molar-refractivity contribution in [2.75, 3.05) is 6.61 Å². The van der Waals surface area contributed by atoms with Gasteiger partial charge in [-0.05, 0) is 37.5 Å². The molecular formula is C20H22N2O2. The van der Waals surface area contributed by atoms with Crippen molar-refractivity contribution in [1.29, 1.82) is 0 Å². The van der Waals surface area contributed by atoms with Crippen molar-refractivity contribution in [3.8, 4) is 5.75 Å². The van der Waals surface area contributed by atoms with Crippen molar-refractivity contribution in [2.45, 2.75) is 33.1 Å². The molecule has 4 nitrogen and oxygen atoms in total. The van der Waals surface area contributed by atoms with Crippen LogP contribution in [0.5, 0.6) is 5.75 Å². The van der Waals surface area contributed by atoms with Gasteiger partial charge in [-0.2, -0.15) is 0 Å². The first-order valence-electron chi connectivity index (χ1n) is 8.30. The van der Waals surface area contributed by atoms with Crippen LogP contribution in [0.15, 0.2) is 48.7 Å². The van der Waals surface area contributed by atoms with E-state index in [1.807, 2.05) is 54.8 Å². The number of ketones is 1. The number of Topliss-reactive ketones (excluding diaryl/α,β-unsaturated/α-hetero) is 1. The molecular weight excluding hydrogens is 300 g/mol. The number of aromatic nitrogens is 2. The summed E-state index contributed by atoms with van der Waals surface area (Å²) in [4.78, 5) is 17.4. The van der Waals surface area contributed by atoms with Crippen LogP contribution in [0.1, 0.15) is 47.9 Å². The quantitative estimate of drug-likeness (QED) is 0.631. The molecule has 0 saturated heterocycles. The van der Waals surface area contributed by atoms with Gasteiger partial charge in [-0.25, -0.2) is 4.98 Å². The van der Waals surface area contributed by atoms with E-state index in [1.54, 1.807) is 0 Å². The Bertz CT molecular complexity index is 853. The van der Waals surface area contributed by atoms with Gasteiger partial charge in [0.25, 0.3) is 0 Å². The normalized spacial score (nSPS) is 12.3. The molecule has 0 amide bonds. The Balaban J connectivity index is 1.93. The Labute approximate surface area is 142 Å². The number of hydrogen-bond donors (Lipinski definition) is 0. The molecule has 1 aromatic carbocycles. The van der Waals surface area contributed by atoms with E-state index in [4.69, 9.17) is 4.74 Å². The van der Waals surface area contributed by atoms with Crippen LogP contribution < -0.4 is 4.74 Å². The topological polar surface area (TPSA) is 43.6 Å². The molecule has 1 atom stereocenters. The molecule has 0 aliphatic carbocycles. The highest BCUT2D eigenvalue weighted by Gasteiger charge is 2.21. The summed E-state index contributed by atoms with van der Waals surface area (Å²) in [6.45, 7) is 6.47. The lowest BCUT2D eigenvalue weighted by molar-refractivity contribution is 0.0969. The zero-order valence-electron chi connectivity index (χ0n) is 14.3. The fourth-order valence-electron chi connectivity index (χ4n) is 3.03. The van der Waals surface area contributed by atoms with Crippen LogP contribution in [0.4, 0.5) is 0 Å². The fourth-order valence-corrected chi connectivity index (χ4v) is 3.03. The van der Waals surface area contributed by atoms with Crippen LogP contribution >= 0.6 is 0 Å². The molecule has 0 unspecified atom stereocenters. The van der Waals surface area contributed by atoms with Crippen LogP contribution in [-0.2, 0) is 0 Å². The number of carbonyl (C=O) groups excluding carboxylic acids is 1. The monoisotopic (exact) mass is 322 g/mol. The minimum Gasteiger partial charge on any atom is -0.490 e. The van der Waals surface area contributed by atoms with Crippen molar-refractivity contribution in [3.05, 3.63) is 65.6 Å². The SMILES string of the molecule is CCOc1cccn2c(C(=O)C[C@@H](C)c3ccccc3)c(C)nc12. The zero-order valence-corrected chi connectivity index (χ0v) is 14.3. The predicted octanol–water partition coefficient (Wildman–Crippen LogP) is 4.42. The van der Waals surface area contributed by atoms with Crippen LogP contribution in [-0.4, -0.2) is 21.8 Å². The van der Waals surface area contributed by atoms with Gasteiger partial charge in [-0.3, -0.25) is 9.20 Å². The summed E-state index contributed by atoms with van der Waals surface area (Å²) in [5.41, 5.74) is 3.27. The largest absolute Gasteiger partial charge is 0.490 e. The highest BCUT2D eigenvalue weighted by molar-refractivity contribution is 5.97. The van der Waals surface area contributed by atoms with E-state index in [-0.39, 0.29) is 11.7 Å². The van der Waals surface area contributed by atoms with E-state index in [2.05, 4.69) is 24.0 Å². The maximum atomic E-state index is 12.9. The summed E-state index contributed by atoms with van der Waals surface area (Å²) in [6, 6.07) is 13.9. The standard InChI is InChI=1S/C20H22N2O2/c1-4-24-18-11-8-12-22-19(15(3)21-20(18)22)17(23)13-14(2)16-9-6-5-7-10-16/h5-12,14H,4,13H2,1-3H3/t14-/m1/s1. The Morgan fingerprint density at radius 3 is 2.67 bits per heavy atom. The number of benzene rings is 1. The molecule has 2 heterocycles. The molecule has 0 fully saturated rings. The lowest BCUT2D eigenvalue weighted by Gasteiger charge is -2.11. The molecule has 0 bridgehead atoms. The minimum atomic E-state index is 0.102. The molecule has 0 radical (unpaired) electrons. The lowest BCUT2D eigenvalue weighted by atomic mass is 9.94. The second kappa shape index (κ2) is 6.87. The number of hydrogen-bond acceptors (Lipinski definition) is 3. The Kier molecular flexibility index (Phi) is 4.65. The average Bonchev–Trinajstić information content (AvgIpc) is 2.93. The molecule has 0 saturated carbocycles. The number of carbonyl (C=O) groups is 1. The summed E-state index contributed by atoms with van der Waals surface area (Å²) < 4.78 is 7.47. The second-order valence-corrected chi connectivity index (χ2v) is 5.98. The van der Waals surface area contributed by atoms with Crippen molar-refractivity contribution in [2.24, 2.45) is 0 Å². The number of ether oxygens (including phenoxy) is 1. The fraction of sp³-hybridized carbons (Fsp3) is 0.300. The molecule has 24 heavy (non-hydrogen) atoms. The van der Waals surface area contributed by atoms with Gasteiger partial charge in [0, 0.05) is 12.6 Å². The molecule has 3 rings (SSSR count). The predicted molar refractivity (Wildman–Crippen MR) is 94.9 cm³/mol. The molecule has 124 valence electrons. The van der Waals surface area contributed by atoms with Gasteiger partial charge in [-0.1, -0.05) is 37.3 Å². The summed E-state index contributed by atoms with van der Waals surface area (Å²) in [6.07, 6.45) is 2.33. The summed E-state index contributed by atoms with van der Waals surface area (Å²) >= 11 is 0. The van der Waals surface area contributed by atoms with E-state index in [0.29, 0.717) is 30.1 Å². The summed E-state index contributed by atoms with van der Waals surface area (Å²) in [5.74, 6) is 0.974. The van der Waals surface area contributed by atoms with Crippen LogP contribution in [0.2, 0.25) is 0 Å². The van der Waals surface area contributed by atoms with Crippen molar-refractivity contribution in [3.63, 3.8) is 0 Å². The van der Waals surface area contributed by atoms with E-state index in [9.17, 15) is 4.79 Å². The second-order valence-electron chi connectivity index (χ2n) is 5.98. The summed E-state index contributed by atoms with van der Waals surface area (Å²) in [7, 11) is 0. The van der Waals surface area contributed by atoms with Crippen molar-refractivity contribution < 1.29 is 9.53 Å². The van der Waals surface area contributed by atoms with Crippen LogP contribution in [0, 0.1) is 6.92 Å². The highest BCUT2D eigenvalue weighted by Crippen LogP contribution is 2.26. The molecule has 3 aromatic rings. The number of fused-ring (bicyclic) bond motifs is 1. The maximum absolute atomic E-state index is 12.9. The Morgan fingerprint density at radius 1 is 1.21 bits per heavy atom. The first kappa shape index (κ1) is 16.2. The van der Waals surface area contributed by atoms with Crippen LogP contribution in [0.25, 0.3) is 5.65 Å². The van der Waals surface area contributed by atoms with Gasteiger partial charge in [0.1, 0.15) is 5.69 Å². The molecule has 0 N–H and O–H groups in total. The average molecular weight is 322 g/mol. The first-order chi connectivity index (χ1) is 11.6. The van der Waals surface area contributed by atoms with Crippen molar-refractivity contribution in [1.82, 2.24) is 9.38 Å². The third kappa shape index (κ3) is 3.04. The highest BCUT2D eigenvalue weighted by atomic mass is 16.5. The van der Waals surface area contributed by atoms with E-state index >= 15 is 0 Å². The molecule has 2 aromatic heterocycles. The number of pyridine rings is 1.